The van der Waals surface area contributed by atoms with E-state index in [4.69, 9.17) is 0 Å². The van der Waals surface area contributed by atoms with Gasteiger partial charge in [0.25, 0.3) is 0 Å². The third-order valence-electron chi connectivity index (χ3n) is 2.53. The van der Waals surface area contributed by atoms with Gasteiger partial charge in [0.1, 0.15) is 15.7 Å². The largest absolute Gasteiger partial charge is 0.294 e. The van der Waals surface area contributed by atoms with E-state index in [1.807, 2.05) is 0 Å². The Kier molecular flexibility index (Phi) is 5.47. The van der Waals surface area contributed by atoms with Gasteiger partial charge >= 0.3 is 0 Å². The molecule has 1 aromatic carbocycles. The van der Waals surface area contributed by atoms with Crippen LogP contribution in [0.2, 0.25) is 0 Å². The summed E-state index contributed by atoms with van der Waals surface area (Å²) in [6.07, 6.45) is 0.433. The van der Waals surface area contributed by atoms with Gasteiger partial charge < -0.3 is 0 Å². The fourth-order valence-corrected chi connectivity index (χ4v) is 2.89. The van der Waals surface area contributed by atoms with E-state index in [-0.39, 0.29) is 23.7 Å². The van der Waals surface area contributed by atoms with Gasteiger partial charge in [-0.05, 0) is 40.5 Å². The smallest absolute Gasteiger partial charge is 0.164 e. The second kappa shape index (κ2) is 6.43. The number of hydrogen-bond acceptors (Lipinski definition) is 3. The third-order valence-corrected chi connectivity index (χ3v) is 4.98. The first kappa shape index (κ1) is 15.3. The Labute approximate surface area is 114 Å². The summed E-state index contributed by atoms with van der Waals surface area (Å²) < 4.78 is 35.8. The molecule has 1 rings (SSSR count). The average Bonchev–Trinajstić information content (AvgIpc) is 2.28. The number of ketones is 1. The molecule has 1 aromatic rings. The summed E-state index contributed by atoms with van der Waals surface area (Å²) in [4.78, 5) is 11.8. The molecule has 0 spiro atoms. The van der Waals surface area contributed by atoms with Crippen molar-refractivity contribution in [2.75, 3.05) is 11.5 Å². The highest BCUT2D eigenvalue weighted by Crippen LogP contribution is 2.20. The summed E-state index contributed by atoms with van der Waals surface area (Å²) in [5.74, 6) is -0.518. The quantitative estimate of drug-likeness (QED) is 0.750. The van der Waals surface area contributed by atoms with Crippen molar-refractivity contribution in [1.82, 2.24) is 0 Å². The minimum absolute atomic E-state index is 0.00799. The monoisotopic (exact) mass is 336 g/mol. The average molecular weight is 337 g/mol. The van der Waals surface area contributed by atoms with E-state index < -0.39 is 15.7 Å². The fraction of sp³-hybridized carbons (Fsp3) is 0.417. The summed E-state index contributed by atoms with van der Waals surface area (Å²) in [5, 5.41) is 0. The van der Waals surface area contributed by atoms with Gasteiger partial charge in [0.15, 0.2) is 5.78 Å². The van der Waals surface area contributed by atoms with Crippen LogP contribution in [0.25, 0.3) is 0 Å². The van der Waals surface area contributed by atoms with Gasteiger partial charge in [-0.1, -0.05) is 6.92 Å². The lowest BCUT2D eigenvalue weighted by Gasteiger charge is -2.04. The summed E-state index contributed by atoms with van der Waals surface area (Å²) in [7, 11) is -3.04. The number of carbonyl (C=O) groups is 1. The first-order valence-electron chi connectivity index (χ1n) is 5.54. The Morgan fingerprint density at radius 2 is 2.06 bits per heavy atom. The molecule has 0 bridgehead atoms. The summed E-state index contributed by atoms with van der Waals surface area (Å²) in [5.41, 5.74) is 0.380. The third kappa shape index (κ3) is 4.49. The molecule has 0 aromatic heterocycles. The molecule has 0 N–H and O–H groups in total. The van der Waals surface area contributed by atoms with Crippen molar-refractivity contribution >= 4 is 31.6 Å². The molecule has 0 radical (unpaired) electrons. The number of Topliss-reactive ketones (excluding diaryl/α,β-unsaturated/α-hetero) is 1. The van der Waals surface area contributed by atoms with Crippen LogP contribution in [-0.2, 0) is 9.84 Å². The van der Waals surface area contributed by atoms with Crippen LogP contribution in [0.5, 0.6) is 0 Å². The van der Waals surface area contributed by atoms with Crippen molar-refractivity contribution < 1.29 is 17.6 Å². The van der Waals surface area contributed by atoms with E-state index in [9.17, 15) is 17.6 Å². The van der Waals surface area contributed by atoms with Crippen LogP contribution in [-0.4, -0.2) is 25.7 Å². The zero-order chi connectivity index (χ0) is 13.8. The van der Waals surface area contributed by atoms with Crippen molar-refractivity contribution in [2.45, 2.75) is 19.8 Å². The van der Waals surface area contributed by atoms with Crippen LogP contribution in [0.15, 0.2) is 22.7 Å². The van der Waals surface area contributed by atoms with Crippen LogP contribution >= 0.6 is 15.9 Å². The van der Waals surface area contributed by atoms with Crippen LogP contribution in [0.3, 0.4) is 0 Å². The molecule has 0 aliphatic heterocycles. The molecular weight excluding hydrogens is 323 g/mol. The minimum atomic E-state index is -3.04. The Hall–Kier alpha value is -0.750. The zero-order valence-electron chi connectivity index (χ0n) is 9.95. The van der Waals surface area contributed by atoms with Gasteiger partial charge in [0, 0.05) is 22.2 Å². The number of sulfone groups is 1. The molecule has 0 amide bonds. The maximum absolute atomic E-state index is 12.8. The van der Waals surface area contributed by atoms with Crippen molar-refractivity contribution in [2.24, 2.45) is 0 Å². The molecular formula is C12H14BrFO3S. The Balaban J connectivity index is 2.61. The standard InChI is InChI=1S/C12H14BrFO3S/c1-2-18(16,17)7-3-4-12(15)10-6-5-9(14)8-11(10)13/h5-6,8H,2-4,7H2,1H3. The SMILES string of the molecule is CCS(=O)(=O)CCCC(=O)c1ccc(F)cc1Br. The molecule has 3 nitrogen and oxygen atoms in total. The van der Waals surface area contributed by atoms with Crippen molar-refractivity contribution in [3.8, 4) is 0 Å². The maximum atomic E-state index is 12.8. The normalized spacial score (nSPS) is 11.5. The van der Waals surface area contributed by atoms with Gasteiger partial charge in [-0.15, -0.1) is 0 Å². The first-order valence-corrected chi connectivity index (χ1v) is 8.16. The summed E-state index contributed by atoms with van der Waals surface area (Å²) >= 11 is 3.11. The molecule has 0 aliphatic rings. The lowest BCUT2D eigenvalue weighted by Crippen LogP contribution is -2.10. The highest BCUT2D eigenvalue weighted by molar-refractivity contribution is 9.10. The van der Waals surface area contributed by atoms with Gasteiger partial charge in [-0.3, -0.25) is 4.79 Å². The maximum Gasteiger partial charge on any atom is 0.164 e. The molecule has 0 heterocycles. The summed E-state index contributed by atoms with van der Waals surface area (Å²) in [6.45, 7) is 1.58. The number of hydrogen-bond donors (Lipinski definition) is 0. The Morgan fingerprint density at radius 1 is 1.39 bits per heavy atom. The first-order chi connectivity index (χ1) is 8.35. The van der Waals surface area contributed by atoms with Crippen molar-refractivity contribution in [3.63, 3.8) is 0 Å². The lowest BCUT2D eigenvalue weighted by molar-refractivity contribution is 0.0981. The zero-order valence-corrected chi connectivity index (χ0v) is 12.4. The number of carbonyl (C=O) groups excluding carboxylic acids is 1. The Bertz CT molecular complexity index is 540. The van der Waals surface area contributed by atoms with E-state index in [0.717, 1.165) is 0 Å². The van der Waals surface area contributed by atoms with E-state index in [1.165, 1.54) is 18.2 Å². The second-order valence-electron chi connectivity index (χ2n) is 3.89. The summed E-state index contributed by atoms with van der Waals surface area (Å²) in [6, 6.07) is 3.83. The van der Waals surface area contributed by atoms with Crippen LogP contribution in [0.1, 0.15) is 30.1 Å². The number of halogens is 2. The topological polar surface area (TPSA) is 51.2 Å². The minimum Gasteiger partial charge on any atom is -0.294 e. The van der Waals surface area contributed by atoms with Gasteiger partial charge in [0.05, 0.1) is 5.75 Å². The Morgan fingerprint density at radius 3 is 2.61 bits per heavy atom. The highest BCUT2D eigenvalue weighted by Gasteiger charge is 2.13. The number of rotatable bonds is 6. The van der Waals surface area contributed by atoms with E-state index >= 15 is 0 Å². The molecule has 100 valence electrons. The molecule has 0 fully saturated rings. The highest BCUT2D eigenvalue weighted by atomic mass is 79.9. The van der Waals surface area contributed by atoms with Gasteiger partial charge in [0.2, 0.25) is 0 Å². The number of benzene rings is 1. The molecule has 6 heteroatoms. The molecule has 0 saturated carbocycles. The molecule has 18 heavy (non-hydrogen) atoms. The predicted molar refractivity (Wildman–Crippen MR) is 72.0 cm³/mol. The molecule has 0 atom stereocenters. The second-order valence-corrected chi connectivity index (χ2v) is 7.21. The van der Waals surface area contributed by atoms with E-state index in [1.54, 1.807) is 6.92 Å². The fourth-order valence-electron chi connectivity index (χ4n) is 1.45. The van der Waals surface area contributed by atoms with Gasteiger partial charge in [-0.2, -0.15) is 0 Å². The van der Waals surface area contributed by atoms with Crippen molar-refractivity contribution in [3.05, 3.63) is 34.1 Å². The molecule has 0 unspecified atom stereocenters. The molecule has 0 aliphatic carbocycles. The van der Waals surface area contributed by atoms with Crippen molar-refractivity contribution in [1.29, 1.82) is 0 Å². The predicted octanol–water partition coefficient (Wildman–Crippen LogP) is 2.99. The van der Waals surface area contributed by atoms with Crippen LogP contribution in [0, 0.1) is 5.82 Å². The van der Waals surface area contributed by atoms with Crippen LogP contribution in [0.4, 0.5) is 4.39 Å². The van der Waals surface area contributed by atoms with Gasteiger partial charge in [-0.25, -0.2) is 12.8 Å². The van der Waals surface area contributed by atoms with Crippen LogP contribution < -0.4 is 0 Å². The molecule has 0 saturated heterocycles. The van der Waals surface area contributed by atoms with E-state index in [0.29, 0.717) is 16.5 Å². The van der Waals surface area contributed by atoms with E-state index in [2.05, 4.69) is 15.9 Å². The lowest BCUT2D eigenvalue weighted by atomic mass is 10.1.